The highest BCUT2D eigenvalue weighted by Gasteiger charge is 2.23. The highest BCUT2D eigenvalue weighted by Crippen LogP contribution is 2.37. The van der Waals surface area contributed by atoms with Crippen LogP contribution in [0.25, 0.3) is 39.0 Å². The first kappa shape index (κ1) is 18.6. The number of fused-ring (bicyclic) bond motifs is 2. The van der Waals surface area contributed by atoms with Gasteiger partial charge in [-0.15, -0.1) is 0 Å². The van der Waals surface area contributed by atoms with Crippen LogP contribution < -0.4 is 5.63 Å². The fourth-order valence-electron chi connectivity index (χ4n) is 3.79. The van der Waals surface area contributed by atoms with Gasteiger partial charge in [0.05, 0.1) is 11.1 Å². The van der Waals surface area contributed by atoms with Crippen molar-refractivity contribution < 1.29 is 9.52 Å². The summed E-state index contributed by atoms with van der Waals surface area (Å²) in [6.07, 6.45) is 0. The lowest BCUT2D eigenvalue weighted by atomic mass is 9.98. The molecule has 0 bridgehead atoms. The summed E-state index contributed by atoms with van der Waals surface area (Å²) in [6, 6.07) is 18.4. The summed E-state index contributed by atoms with van der Waals surface area (Å²) in [5.41, 5.74) is 2.76. The van der Waals surface area contributed by atoms with Gasteiger partial charge in [-0.25, -0.2) is 14.3 Å². The molecular weight excluding hydrogens is 392 g/mol. The first-order valence-corrected chi connectivity index (χ1v) is 9.60. The second kappa shape index (κ2) is 6.82. The van der Waals surface area contributed by atoms with E-state index in [1.165, 1.54) is 4.52 Å². The standard InChI is InChI=1S/C24H16N4O3/c1-13-8-9-20-17(10-13)22(29)21(24(30)31-20)19-11-16(15-6-4-3-5-7-15)18(12-25)23-26-14(2)27-28(19)23/h3-11,29H,1-2H3. The number of rotatable bonds is 2. The zero-order valence-electron chi connectivity index (χ0n) is 16.7. The second-order valence-electron chi connectivity index (χ2n) is 7.30. The predicted molar refractivity (Wildman–Crippen MR) is 116 cm³/mol. The molecule has 31 heavy (non-hydrogen) atoms. The highest BCUT2D eigenvalue weighted by molar-refractivity contribution is 5.92. The molecule has 7 heteroatoms. The van der Waals surface area contributed by atoms with Gasteiger partial charge in [0.25, 0.3) is 0 Å². The molecule has 0 atom stereocenters. The zero-order valence-corrected chi connectivity index (χ0v) is 16.7. The molecule has 0 unspecified atom stereocenters. The second-order valence-corrected chi connectivity index (χ2v) is 7.30. The average Bonchev–Trinajstić information content (AvgIpc) is 3.16. The van der Waals surface area contributed by atoms with Gasteiger partial charge in [-0.05, 0) is 37.6 Å². The topological polar surface area (TPSA) is 104 Å². The Morgan fingerprint density at radius 3 is 2.61 bits per heavy atom. The molecule has 0 radical (unpaired) electrons. The summed E-state index contributed by atoms with van der Waals surface area (Å²) < 4.78 is 6.91. The zero-order chi connectivity index (χ0) is 21.7. The minimum atomic E-state index is -0.702. The van der Waals surface area contributed by atoms with Crippen LogP contribution in [-0.2, 0) is 0 Å². The average molecular weight is 408 g/mol. The van der Waals surface area contributed by atoms with E-state index in [2.05, 4.69) is 16.2 Å². The van der Waals surface area contributed by atoms with E-state index in [1.807, 2.05) is 37.3 Å². The summed E-state index contributed by atoms with van der Waals surface area (Å²) in [5.74, 6) is 0.233. The molecule has 0 amide bonds. The fourth-order valence-corrected chi connectivity index (χ4v) is 3.79. The van der Waals surface area contributed by atoms with Crippen LogP contribution in [0, 0.1) is 25.2 Å². The summed E-state index contributed by atoms with van der Waals surface area (Å²) in [5, 5.41) is 25.7. The molecule has 3 heterocycles. The smallest absolute Gasteiger partial charge is 0.349 e. The molecule has 0 aliphatic rings. The maximum absolute atomic E-state index is 12.9. The number of benzene rings is 2. The van der Waals surface area contributed by atoms with Crippen molar-refractivity contribution in [2.75, 3.05) is 0 Å². The summed E-state index contributed by atoms with van der Waals surface area (Å²) in [4.78, 5) is 17.3. The van der Waals surface area contributed by atoms with Crippen LogP contribution in [-0.4, -0.2) is 19.7 Å². The van der Waals surface area contributed by atoms with Gasteiger partial charge in [0, 0.05) is 5.56 Å². The number of nitriles is 1. The predicted octanol–water partition coefficient (Wildman–Crippen LogP) is 4.36. The molecule has 0 aliphatic carbocycles. The summed E-state index contributed by atoms with van der Waals surface area (Å²) in [7, 11) is 0. The lowest BCUT2D eigenvalue weighted by Gasteiger charge is -2.12. The molecular formula is C24H16N4O3. The van der Waals surface area contributed by atoms with Gasteiger partial charge in [-0.3, -0.25) is 0 Å². The number of aryl methyl sites for hydroxylation is 2. The van der Waals surface area contributed by atoms with E-state index >= 15 is 0 Å². The summed E-state index contributed by atoms with van der Waals surface area (Å²) in [6.45, 7) is 3.59. The van der Waals surface area contributed by atoms with Crippen molar-refractivity contribution in [2.24, 2.45) is 0 Å². The Bertz CT molecular complexity index is 1590. The number of aromatic hydroxyl groups is 1. The van der Waals surface area contributed by atoms with Gasteiger partial charge >= 0.3 is 5.63 Å². The Labute approximate surface area is 176 Å². The minimum Gasteiger partial charge on any atom is -0.506 e. The molecule has 0 spiro atoms. The molecule has 1 N–H and O–H groups in total. The molecule has 3 aromatic heterocycles. The quantitative estimate of drug-likeness (QED) is 0.435. The molecule has 150 valence electrons. The molecule has 0 aliphatic heterocycles. The van der Waals surface area contributed by atoms with Crippen molar-refractivity contribution in [2.45, 2.75) is 13.8 Å². The van der Waals surface area contributed by atoms with E-state index in [0.29, 0.717) is 39.3 Å². The van der Waals surface area contributed by atoms with Crippen molar-refractivity contribution in [3.63, 3.8) is 0 Å². The maximum Gasteiger partial charge on any atom is 0.349 e. The number of hydrogen-bond donors (Lipinski definition) is 1. The highest BCUT2D eigenvalue weighted by atomic mass is 16.4. The van der Waals surface area contributed by atoms with Crippen molar-refractivity contribution in [1.29, 1.82) is 5.26 Å². The van der Waals surface area contributed by atoms with E-state index in [-0.39, 0.29) is 11.3 Å². The van der Waals surface area contributed by atoms with Gasteiger partial charge in [0.2, 0.25) is 0 Å². The number of aromatic nitrogens is 3. The van der Waals surface area contributed by atoms with Crippen LogP contribution >= 0.6 is 0 Å². The van der Waals surface area contributed by atoms with E-state index in [1.54, 1.807) is 31.2 Å². The van der Waals surface area contributed by atoms with Gasteiger partial charge in [-0.1, -0.05) is 42.0 Å². The SMILES string of the molecule is Cc1ccc2oc(=O)c(-c3cc(-c4ccccc4)c(C#N)c4nc(C)nn34)c(O)c2c1. The first-order valence-electron chi connectivity index (χ1n) is 9.60. The van der Waals surface area contributed by atoms with E-state index < -0.39 is 5.63 Å². The molecule has 7 nitrogen and oxygen atoms in total. The van der Waals surface area contributed by atoms with Crippen LogP contribution in [0.2, 0.25) is 0 Å². The van der Waals surface area contributed by atoms with Crippen molar-refractivity contribution in [1.82, 2.24) is 14.6 Å². The first-order chi connectivity index (χ1) is 15.0. The number of hydrogen-bond acceptors (Lipinski definition) is 6. The Hall–Kier alpha value is -4.44. The van der Waals surface area contributed by atoms with E-state index in [4.69, 9.17) is 4.42 Å². The van der Waals surface area contributed by atoms with Crippen LogP contribution in [0.15, 0.2) is 63.8 Å². The number of nitrogens with zero attached hydrogens (tertiary/aromatic N) is 4. The third-order valence-electron chi connectivity index (χ3n) is 5.20. The normalized spacial score (nSPS) is 11.1. The third-order valence-corrected chi connectivity index (χ3v) is 5.20. The Kier molecular flexibility index (Phi) is 4.09. The maximum atomic E-state index is 12.9. The molecule has 0 fully saturated rings. The van der Waals surface area contributed by atoms with Gasteiger partial charge < -0.3 is 9.52 Å². The van der Waals surface area contributed by atoms with Crippen molar-refractivity contribution in [3.05, 3.63) is 82.0 Å². The molecule has 0 saturated carbocycles. The number of pyridine rings is 1. The van der Waals surface area contributed by atoms with Crippen LogP contribution in [0.4, 0.5) is 0 Å². The van der Waals surface area contributed by atoms with E-state index in [0.717, 1.165) is 11.1 Å². The van der Waals surface area contributed by atoms with Gasteiger partial charge in [0.1, 0.15) is 34.4 Å². The monoisotopic (exact) mass is 408 g/mol. The lowest BCUT2D eigenvalue weighted by molar-refractivity contribution is 0.470. The molecule has 0 saturated heterocycles. The third kappa shape index (κ3) is 2.85. The lowest BCUT2D eigenvalue weighted by Crippen LogP contribution is -2.09. The van der Waals surface area contributed by atoms with Gasteiger partial charge in [-0.2, -0.15) is 10.4 Å². The molecule has 2 aromatic carbocycles. The minimum absolute atomic E-state index is 0.0327. The van der Waals surface area contributed by atoms with Crippen LogP contribution in [0.3, 0.4) is 0 Å². The molecule has 5 rings (SSSR count). The summed E-state index contributed by atoms with van der Waals surface area (Å²) >= 11 is 0. The van der Waals surface area contributed by atoms with Crippen molar-refractivity contribution in [3.8, 4) is 34.2 Å². The molecule has 5 aromatic rings. The van der Waals surface area contributed by atoms with Gasteiger partial charge in [0.15, 0.2) is 5.65 Å². The van der Waals surface area contributed by atoms with Crippen LogP contribution in [0.1, 0.15) is 17.0 Å². The van der Waals surface area contributed by atoms with E-state index in [9.17, 15) is 15.2 Å². The Balaban J connectivity index is 1.95. The van der Waals surface area contributed by atoms with Crippen LogP contribution in [0.5, 0.6) is 5.75 Å². The largest absolute Gasteiger partial charge is 0.506 e. The van der Waals surface area contributed by atoms with Crippen molar-refractivity contribution >= 4 is 16.6 Å². The fraction of sp³-hybridized carbons (Fsp3) is 0.0833. The Morgan fingerprint density at radius 2 is 1.87 bits per heavy atom. The Morgan fingerprint density at radius 1 is 1.10 bits per heavy atom.